The van der Waals surface area contributed by atoms with E-state index < -0.39 is 6.04 Å². The van der Waals surface area contributed by atoms with Gasteiger partial charge in [0.25, 0.3) is 5.91 Å². The quantitative estimate of drug-likeness (QED) is 0.691. The van der Waals surface area contributed by atoms with E-state index in [2.05, 4.69) is 10.6 Å². The number of aryl methyl sites for hydroxylation is 2. The van der Waals surface area contributed by atoms with Crippen molar-refractivity contribution in [3.63, 3.8) is 0 Å². The molecule has 102 valence electrons. The van der Waals surface area contributed by atoms with Crippen LogP contribution in [0.3, 0.4) is 0 Å². The summed E-state index contributed by atoms with van der Waals surface area (Å²) in [6.45, 7) is 4.45. The van der Waals surface area contributed by atoms with Crippen LogP contribution in [-0.2, 0) is 4.79 Å². The fraction of sp³-hybridized carbons (Fsp3) is 0.429. The molecule has 4 N–H and O–H groups in total. The van der Waals surface area contributed by atoms with E-state index in [1.807, 2.05) is 19.9 Å². The summed E-state index contributed by atoms with van der Waals surface area (Å²) in [5.74, 6) is -0.358. The lowest BCUT2D eigenvalue weighted by molar-refractivity contribution is -0.124. The average molecular weight is 261 g/mol. The number of rotatable bonds is 2. The number of hydrogen-bond acceptors (Lipinski definition) is 3. The first kappa shape index (κ1) is 13.4. The molecular formula is C14H19N3O2. The highest BCUT2D eigenvalue weighted by molar-refractivity contribution is 5.99. The van der Waals surface area contributed by atoms with E-state index in [9.17, 15) is 9.59 Å². The summed E-state index contributed by atoms with van der Waals surface area (Å²) in [6.07, 6.45) is 1.56. The highest BCUT2D eigenvalue weighted by Crippen LogP contribution is 2.18. The molecule has 5 heteroatoms. The molecule has 1 fully saturated rings. The predicted molar refractivity (Wildman–Crippen MR) is 73.8 cm³/mol. The molecule has 0 bridgehead atoms. The van der Waals surface area contributed by atoms with Gasteiger partial charge in [0.15, 0.2) is 0 Å². The van der Waals surface area contributed by atoms with Gasteiger partial charge in [-0.2, -0.15) is 0 Å². The summed E-state index contributed by atoms with van der Waals surface area (Å²) in [5.41, 5.74) is 8.75. The Morgan fingerprint density at radius 2 is 2.11 bits per heavy atom. The minimum atomic E-state index is -0.442. The van der Waals surface area contributed by atoms with Crippen LogP contribution in [0.25, 0.3) is 0 Å². The van der Waals surface area contributed by atoms with Crippen molar-refractivity contribution < 1.29 is 9.59 Å². The molecule has 19 heavy (non-hydrogen) atoms. The molecule has 0 saturated carbocycles. The molecule has 0 radical (unpaired) electrons. The zero-order valence-electron chi connectivity index (χ0n) is 11.2. The minimum absolute atomic E-state index is 0.114. The summed E-state index contributed by atoms with van der Waals surface area (Å²) in [6, 6.07) is 3.11. The lowest BCUT2D eigenvalue weighted by Gasteiger charge is -2.23. The van der Waals surface area contributed by atoms with Crippen molar-refractivity contribution in [1.29, 1.82) is 0 Å². The van der Waals surface area contributed by atoms with E-state index in [1.165, 1.54) is 0 Å². The molecular weight excluding hydrogens is 242 g/mol. The monoisotopic (exact) mass is 261 g/mol. The van der Waals surface area contributed by atoms with E-state index in [-0.39, 0.29) is 11.8 Å². The molecule has 1 atom stereocenters. The fourth-order valence-corrected chi connectivity index (χ4v) is 2.26. The Balaban J connectivity index is 2.16. The summed E-state index contributed by atoms with van der Waals surface area (Å²) in [5, 5.41) is 5.51. The molecule has 2 rings (SSSR count). The largest absolute Gasteiger partial charge is 0.398 e. The van der Waals surface area contributed by atoms with Gasteiger partial charge in [-0.25, -0.2) is 0 Å². The first-order chi connectivity index (χ1) is 8.99. The molecule has 1 aromatic carbocycles. The SMILES string of the molecule is Cc1cc(C)c(C(=O)NC2CCCNC2=O)cc1N. The van der Waals surface area contributed by atoms with Gasteiger partial charge in [-0.05, 0) is 43.9 Å². The first-order valence-electron chi connectivity index (χ1n) is 6.44. The van der Waals surface area contributed by atoms with Gasteiger partial charge in [-0.3, -0.25) is 9.59 Å². The van der Waals surface area contributed by atoms with Crippen LogP contribution >= 0.6 is 0 Å². The van der Waals surface area contributed by atoms with Gasteiger partial charge in [-0.15, -0.1) is 0 Å². The molecule has 1 aliphatic heterocycles. The van der Waals surface area contributed by atoms with E-state index in [0.29, 0.717) is 24.2 Å². The molecule has 5 nitrogen and oxygen atoms in total. The Morgan fingerprint density at radius 3 is 2.79 bits per heavy atom. The zero-order valence-corrected chi connectivity index (χ0v) is 11.2. The van der Waals surface area contributed by atoms with Crippen LogP contribution in [0.15, 0.2) is 12.1 Å². The maximum atomic E-state index is 12.2. The second-order valence-electron chi connectivity index (χ2n) is 4.98. The van der Waals surface area contributed by atoms with Gasteiger partial charge in [-0.1, -0.05) is 6.07 Å². The Bertz CT molecular complexity index is 526. The van der Waals surface area contributed by atoms with E-state index in [0.717, 1.165) is 17.5 Å². The third-order valence-corrected chi connectivity index (χ3v) is 3.45. The van der Waals surface area contributed by atoms with E-state index >= 15 is 0 Å². The van der Waals surface area contributed by atoms with Crippen LogP contribution in [0.1, 0.15) is 34.3 Å². The highest BCUT2D eigenvalue weighted by Gasteiger charge is 2.24. The number of carbonyl (C=O) groups excluding carboxylic acids is 2. The van der Waals surface area contributed by atoms with Crippen molar-refractivity contribution in [2.24, 2.45) is 0 Å². The van der Waals surface area contributed by atoms with Gasteiger partial charge in [0, 0.05) is 17.8 Å². The smallest absolute Gasteiger partial charge is 0.252 e. The van der Waals surface area contributed by atoms with E-state index in [1.54, 1.807) is 6.07 Å². The standard InChI is InChI=1S/C14H19N3O2/c1-8-6-9(2)11(15)7-10(8)13(18)17-12-4-3-5-16-14(12)19/h6-7,12H,3-5,15H2,1-2H3,(H,16,19)(H,17,18). The molecule has 1 aliphatic rings. The first-order valence-corrected chi connectivity index (χ1v) is 6.44. The lowest BCUT2D eigenvalue weighted by atomic mass is 10.0. The lowest BCUT2D eigenvalue weighted by Crippen LogP contribution is -2.50. The predicted octanol–water partition coefficient (Wildman–Crippen LogP) is 0.894. The second kappa shape index (κ2) is 5.30. The van der Waals surface area contributed by atoms with Gasteiger partial charge in [0.1, 0.15) is 6.04 Å². The normalized spacial score (nSPS) is 18.8. The maximum absolute atomic E-state index is 12.2. The third kappa shape index (κ3) is 2.86. The second-order valence-corrected chi connectivity index (χ2v) is 4.98. The molecule has 1 unspecified atom stereocenters. The van der Waals surface area contributed by atoms with Crippen molar-refractivity contribution in [1.82, 2.24) is 10.6 Å². The summed E-state index contributed by atoms with van der Waals surface area (Å²) >= 11 is 0. The van der Waals surface area contributed by atoms with Crippen LogP contribution < -0.4 is 16.4 Å². The van der Waals surface area contributed by atoms with Crippen molar-refractivity contribution >= 4 is 17.5 Å². The molecule has 1 aromatic rings. The van der Waals surface area contributed by atoms with Crippen LogP contribution in [0.5, 0.6) is 0 Å². The Hall–Kier alpha value is -2.04. The molecule has 2 amide bonds. The number of amides is 2. The number of nitrogens with two attached hydrogens (primary N) is 1. The number of anilines is 1. The minimum Gasteiger partial charge on any atom is -0.398 e. The van der Waals surface area contributed by atoms with Crippen molar-refractivity contribution in [2.75, 3.05) is 12.3 Å². The molecule has 0 aromatic heterocycles. The topological polar surface area (TPSA) is 84.2 Å². The summed E-state index contributed by atoms with van der Waals surface area (Å²) in [7, 11) is 0. The van der Waals surface area contributed by atoms with Crippen molar-refractivity contribution in [3.8, 4) is 0 Å². The van der Waals surface area contributed by atoms with Gasteiger partial charge < -0.3 is 16.4 Å². The number of piperidine rings is 1. The van der Waals surface area contributed by atoms with Gasteiger partial charge in [0.05, 0.1) is 0 Å². The number of nitrogens with one attached hydrogen (secondary N) is 2. The van der Waals surface area contributed by atoms with Gasteiger partial charge in [0.2, 0.25) is 5.91 Å². The van der Waals surface area contributed by atoms with Crippen molar-refractivity contribution in [3.05, 3.63) is 28.8 Å². The van der Waals surface area contributed by atoms with Crippen LogP contribution in [-0.4, -0.2) is 24.4 Å². The highest BCUT2D eigenvalue weighted by atomic mass is 16.2. The number of benzene rings is 1. The number of hydrogen-bond donors (Lipinski definition) is 3. The van der Waals surface area contributed by atoms with Crippen LogP contribution in [0, 0.1) is 13.8 Å². The zero-order chi connectivity index (χ0) is 14.0. The Kier molecular flexibility index (Phi) is 3.74. The number of carbonyl (C=O) groups is 2. The van der Waals surface area contributed by atoms with Crippen LogP contribution in [0.2, 0.25) is 0 Å². The third-order valence-electron chi connectivity index (χ3n) is 3.45. The molecule has 1 heterocycles. The fourth-order valence-electron chi connectivity index (χ4n) is 2.26. The number of nitrogen functional groups attached to an aromatic ring is 1. The Morgan fingerprint density at radius 1 is 1.37 bits per heavy atom. The summed E-state index contributed by atoms with van der Waals surface area (Å²) in [4.78, 5) is 23.8. The Labute approximate surface area is 112 Å². The molecule has 1 saturated heterocycles. The molecule has 0 aliphatic carbocycles. The maximum Gasteiger partial charge on any atom is 0.252 e. The van der Waals surface area contributed by atoms with Crippen LogP contribution in [0.4, 0.5) is 5.69 Å². The summed E-state index contributed by atoms with van der Waals surface area (Å²) < 4.78 is 0. The van der Waals surface area contributed by atoms with E-state index in [4.69, 9.17) is 5.73 Å². The van der Waals surface area contributed by atoms with Gasteiger partial charge >= 0.3 is 0 Å². The molecule has 0 spiro atoms. The average Bonchev–Trinajstić information content (AvgIpc) is 2.36. The van der Waals surface area contributed by atoms with Crippen molar-refractivity contribution in [2.45, 2.75) is 32.7 Å².